The number of hydrogen-bond donors (Lipinski definition) is 1. The monoisotopic (exact) mass is 188 g/mol. The van der Waals surface area contributed by atoms with Gasteiger partial charge in [0.25, 0.3) is 0 Å². The summed E-state index contributed by atoms with van der Waals surface area (Å²) in [6, 6.07) is 6.18. The van der Waals surface area contributed by atoms with Crippen LogP contribution in [0.2, 0.25) is 0 Å². The van der Waals surface area contributed by atoms with Crippen molar-refractivity contribution >= 4 is 0 Å². The highest BCUT2D eigenvalue weighted by Gasteiger charge is 2.11. The normalized spacial score (nSPS) is 12.2. The summed E-state index contributed by atoms with van der Waals surface area (Å²) >= 11 is 0. The third-order valence-electron chi connectivity index (χ3n) is 2.42. The lowest BCUT2D eigenvalue weighted by molar-refractivity contribution is 0.736. The molecule has 0 unspecified atom stereocenters. The van der Waals surface area contributed by atoms with E-state index in [1.165, 1.54) is 16.7 Å². The molecular formula is C12H16N2. The fraction of sp³-hybridized carbons (Fsp3) is 0.417. The van der Waals surface area contributed by atoms with E-state index in [1.807, 2.05) is 13.8 Å². The Hall–Kier alpha value is -1.33. The Morgan fingerprint density at radius 1 is 1.29 bits per heavy atom. The summed E-state index contributed by atoms with van der Waals surface area (Å²) in [5.41, 5.74) is 10.7. The topological polar surface area (TPSA) is 49.8 Å². The second kappa shape index (κ2) is 4.26. The maximum Gasteiger partial charge on any atom is 0.0641 e. The van der Waals surface area contributed by atoms with Gasteiger partial charge in [0.1, 0.15) is 0 Å². The summed E-state index contributed by atoms with van der Waals surface area (Å²) < 4.78 is 0. The highest BCUT2D eigenvalue weighted by atomic mass is 14.6. The number of rotatable bonds is 2. The van der Waals surface area contributed by atoms with Crippen LogP contribution in [0.5, 0.6) is 0 Å². The molecule has 0 bridgehead atoms. The van der Waals surface area contributed by atoms with Crippen LogP contribution in [0.15, 0.2) is 12.1 Å². The fourth-order valence-electron chi connectivity index (χ4n) is 1.98. The van der Waals surface area contributed by atoms with Crippen molar-refractivity contribution in [1.82, 2.24) is 0 Å². The minimum Gasteiger partial charge on any atom is -0.323 e. The minimum absolute atomic E-state index is 0.152. The van der Waals surface area contributed by atoms with Crippen molar-refractivity contribution in [2.45, 2.75) is 33.2 Å². The second-order valence-electron chi connectivity index (χ2n) is 3.78. The maximum atomic E-state index is 8.60. The molecule has 0 aliphatic carbocycles. The molecule has 0 aliphatic heterocycles. The smallest absolute Gasteiger partial charge is 0.0641 e. The van der Waals surface area contributed by atoms with Crippen molar-refractivity contribution in [3.63, 3.8) is 0 Å². The molecule has 2 nitrogen and oxygen atoms in total. The van der Waals surface area contributed by atoms with Gasteiger partial charge in [-0.25, -0.2) is 0 Å². The molecule has 1 aromatic rings. The Labute approximate surface area is 85.4 Å². The van der Waals surface area contributed by atoms with Crippen LogP contribution in [0.1, 0.15) is 34.7 Å². The lowest BCUT2D eigenvalue weighted by Gasteiger charge is -2.15. The Morgan fingerprint density at radius 2 is 1.79 bits per heavy atom. The van der Waals surface area contributed by atoms with Crippen molar-refractivity contribution in [2.75, 3.05) is 0 Å². The molecular weight excluding hydrogens is 172 g/mol. The Bertz CT molecular complexity index is 351. The molecule has 0 saturated carbocycles. The predicted octanol–water partition coefficient (Wildman–Crippen LogP) is 2.53. The fourth-order valence-corrected chi connectivity index (χ4v) is 1.98. The SMILES string of the molecule is Cc1cc(C)c([C@H](N)CC#N)c(C)c1. The molecule has 0 amide bonds. The number of benzene rings is 1. The van der Waals surface area contributed by atoms with Crippen LogP contribution >= 0.6 is 0 Å². The number of nitrogens with zero attached hydrogens (tertiary/aromatic N) is 1. The molecule has 1 atom stereocenters. The van der Waals surface area contributed by atoms with Crippen LogP contribution in [0.3, 0.4) is 0 Å². The molecule has 2 N–H and O–H groups in total. The van der Waals surface area contributed by atoms with Crippen LogP contribution in [0.4, 0.5) is 0 Å². The largest absolute Gasteiger partial charge is 0.323 e. The third-order valence-corrected chi connectivity index (χ3v) is 2.42. The summed E-state index contributed by atoms with van der Waals surface area (Å²) in [4.78, 5) is 0. The highest BCUT2D eigenvalue weighted by Crippen LogP contribution is 2.23. The number of nitrogens with two attached hydrogens (primary N) is 1. The Kier molecular flexibility index (Phi) is 3.27. The minimum atomic E-state index is -0.152. The van der Waals surface area contributed by atoms with E-state index in [2.05, 4.69) is 25.1 Å². The van der Waals surface area contributed by atoms with Crippen LogP contribution in [0, 0.1) is 32.1 Å². The van der Waals surface area contributed by atoms with Gasteiger partial charge in [0, 0.05) is 6.04 Å². The van der Waals surface area contributed by atoms with E-state index in [0.29, 0.717) is 6.42 Å². The molecule has 2 heteroatoms. The molecule has 14 heavy (non-hydrogen) atoms. The van der Waals surface area contributed by atoms with Gasteiger partial charge in [-0.3, -0.25) is 0 Å². The van der Waals surface area contributed by atoms with Gasteiger partial charge in [0.2, 0.25) is 0 Å². The van der Waals surface area contributed by atoms with E-state index in [9.17, 15) is 0 Å². The number of hydrogen-bond acceptors (Lipinski definition) is 2. The Morgan fingerprint density at radius 3 is 2.21 bits per heavy atom. The van der Waals surface area contributed by atoms with E-state index >= 15 is 0 Å². The zero-order valence-corrected chi connectivity index (χ0v) is 8.96. The molecule has 74 valence electrons. The number of aryl methyl sites for hydroxylation is 3. The van der Waals surface area contributed by atoms with Crippen molar-refractivity contribution < 1.29 is 0 Å². The molecule has 1 aromatic carbocycles. The quantitative estimate of drug-likeness (QED) is 0.775. The van der Waals surface area contributed by atoms with Gasteiger partial charge in [-0.1, -0.05) is 17.7 Å². The third kappa shape index (κ3) is 2.12. The average molecular weight is 188 g/mol. The Balaban J connectivity index is 3.15. The first kappa shape index (κ1) is 10.7. The van der Waals surface area contributed by atoms with Crippen LogP contribution in [-0.2, 0) is 0 Å². The summed E-state index contributed by atoms with van der Waals surface area (Å²) in [5.74, 6) is 0. The van der Waals surface area contributed by atoms with Crippen LogP contribution in [-0.4, -0.2) is 0 Å². The van der Waals surface area contributed by atoms with Gasteiger partial charge in [-0.2, -0.15) is 5.26 Å². The summed E-state index contributed by atoms with van der Waals surface area (Å²) in [7, 11) is 0. The summed E-state index contributed by atoms with van der Waals surface area (Å²) in [5, 5.41) is 8.60. The molecule has 0 aliphatic rings. The van der Waals surface area contributed by atoms with E-state index in [4.69, 9.17) is 11.0 Å². The first-order valence-electron chi connectivity index (χ1n) is 4.76. The van der Waals surface area contributed by atoms with Gasteiger partial charge >= 0.3 is 0 Å². The summed E-state index contributed by atoms with van der Waals surface area (Å²) in [6.45, 7) is 6.17. The van der Waals surface area contributed by atoms with Gasteiger partial charge in [0.15, 0.2) is 0 Å². The van der Waals surface area contributed by atoms with Gasteiger partial charge in [-0.05, 0) is 37.5 Å². The molecule has 0 fully saturated rings. The molecule has 0 radical (unpaired) electrons. The molecule has 0 spiro atoms. The lowest BCUT2D eigenvalue weighted by atomic mass is 9.93. The molecule has 0 aromatic heterocycles. The molecule has 0 heterocycles. The van der Waals surface area contributed by atoms with Crippen molar-refractivity contribution in [3.05, 3.63) is 34.4 Å². The van der Waals surface area contributed by atoms with Crippen LogP contribution < -0.4 is 5.73 Å². The number of nitriles is 1. The zero-order chi connectivity index (χ0) is 10.7. The second-order valence-corrected chi connectivity index (χ2v) is 3.78. The molecule has 1 rings (SSSR count). The van der Waals surface area contributed by atoms with Gasteiger partial charge in [-0.15, -0.1) is 0 Å². The maximum absolute atomic E-state index is 8.60. The first-order chi connectivity index (χ1) is 6.56. The first-order valence-corrected chi connectivity index (χ1v) is 4.76. The lowest BCUT2D eigenvalue weighted by Crippen LogP contribution is -2.12. The average Bonchev–Trinajstić information content (AvgIpc) is 2.01. The van der Waals surface area contributed by atoms with Crippen LogP contribution in [0.25, 0.3) is 0 Å². The highest BCUT2D eigenvalue weighted by molar-refractivity contribution is 5.39. The molecule has 0 saturated heterocycles. The standard InChI is InChI=1S/C12H16N2/c1-8-6-9(2)12(10(3)7-8)11(14)4-5-13/h6-7,11H,4,14H2,1-3H3/t11-/m1/s1. The van der Waals surface area contributed by atoms with Crippen molar-refractivity contribution in [3.8, 4) is 6.07 Å². The van der Waals surface area contributed by atoms with E-state index in [1.54, 1.807) is 0 Å². The van der Waals surface area contributed by atoms with E-state index in [0.717, 1.165) is 5.56 Å². The van der Waals surface area contributed by atoms with E-state index < -0.39 is 0 Å². The van der Waals surface area contributed by atoms with Crippen molar-refractivity contribution in [2.24, 2.45) is 5.73 Å². The van der Waals surface area contributed by atoms with Gasteiger partial charge in [0.05, 0.1) is 12.5 Å². The summed E-state index contributed by atoms with van der Waals surface area (Å²) in [6.07, 6.45) is 0.380. The van der Waals surface area contributed by atoms with E-state index in [-0.39, 0.29) is 6.04 Å². The van der Waals surface area contributed by atoms with Crippen molar-refractivity contribution in [1.29, 1.82) is 5.26 Å². The van der Waals surface area contributed by atoms with Gasteiger partial charge < -0.3 is 5.73 Å². The predicted molar refractivity (Wildman–Crippen MR) is 57.8 cm³/mol. The zero-order valence-electron chi connectivity index (χ0n) is 8.96.